The van der Waals surface area contributed by atoms with Crippen molar-refractivity contribution < 1.29 is 9.59 Å². The SMILES string of the molecule is CCN(CC)C(=O)NC=O. The van der Waals surface area contributed by atoms with Crippen LogP contribution < -0.4 is 5.32 Å². The highest BCUT2D eigenvalue weighted by Gasteiger charge is 2.05. The number of nitrogens with one attached hydrogen (secondary N) is 1. The van der Waals surface area contributed by atoms with Gasteiger partial charge in [-0.1, -0.05) is 0 Å². The third-order valence-corrected chi connectivity index (χ3v) is 1.23. The molecule has 0 atom stereocenters. The standard InChI is InChI=1S/C6H12N2O2/c1-3-8(4-2)6(10)7-5-9/h5H,3-4H2,1-2H3,(H,7,9,10). The number of imide groups is 1. The Hall–Kier alpha value is -1.06. The molecule has 0 saturated carbocycles. The van der Waals surface area contributed by atoms with Crippen LogP contribution in [0.15, 0.2) is 0 Å². The van der Waals surface area contributed by atoms with Crippen molar-refractivity contribution in [1.29, 1.82) is 0 Å². The monoisotopic (exact) mass is 144 g/mol. The smallest absolute Gasteiger partial charge is 0.323 e. The van der Waals surface area contributed by atoms with E-state index in [1.165, 1.54) is 4.90 Å². The lowest BCUT2D eigenvalue weighted by atomic mass is 10.5. The molecule has 0 spiro atoms. The van der Waals surface area contributed by atoms with Crippen LogP contribution in [0.1, 0.15) is 13.8 Å². The third-order valence-electron chi connectivity index (χ3n) is 1.23. The van der Waals surface area contributed by atoms with Crippen molar-refractivity contribution in [3.8, 4) is 0 Å². The molecule has 0 aromatic rings. The molecule has 58 valence electrons. The maximum Gasteiger partial charge on any atom is 0.323 e. The molecule has 0 fully saturated rings. The molecular formula is C6H12N2O2. The molecule has 3 amide bonds. The largest absolute Gasteiger partial charge is 0.325 e. The van der Waals surface area contributed by atoms with Gasteiger partial charge in [0.05, 0.1) is 0 Å². The van der Waals surface area contributed by atoms with Crippen molar-refractivity contribution in [2.24, 2.45) is 0 Å². The number of urea groups is 1. The number of rotatable bonds is 3. The summed E-state index contributed by atoms with van der Waals surface area (Å²) in [5, 5.41) is 2.05. The molecule has 0 aliphatic rings. The van der Waals surface area contributed by atoms with Crippen LogP contribution in [0, 0.1) is 0 Å². The Morgan fingerprint density at radius 2 is 2.00 bits per heavy atom. The first-order chi connectivity index (χ1) is 4.76. The van der Waals surface area contributed by atoms with E-state index >= 15 is 0 Å². The lowest BCUT2D eigenvalue weighted by Gasteiger charge is -2.16. The van der Waals surface area contributed by atoms with E-state index in [1.807, 2.05) is 13.8 Å². The zero-order chi connectivity index (χ0) is 7.98. The Bertz CT molecular complexity index is 121. The van der Waals surface area contributed by atoms with Gasteiger partial charge in [-0.05, 0) is 13.8 Å². The predicted octanol–water partition coefficient (Wildman–Crippen LogP) is 0.194. The molecule has 0 unspecified atom stereocenters. The number of nitrogens with zero attached hydrogens (tertiary/aromatic N) is 1. The van der Waals surface area contributed by atoms with Crippen molar-refractivity contribution >= 4 is 12.4 Å². The van der Waals surface area contributed by atoms with Gasteiger partial charge in [0.25, 0.3) is 0 Å². The summed E-state index contributed by atoms with van der Waals surface area (Å²) in [6, 6.07) is -0.333. The van der Waals surface area contributed by atoms with Crippen LogP contribution in [0.5, 0.6) is 0 Å². The van der Waals surface area contributed by atoms with Gasteiger partial charge in [-0.3, -0.25) is 10.1 Å². The molecule has 0 aromatic carbocycles. The van der Waals surface area contributed by atoms with Crippen molar-refractivity contribution in [1.82, 2.24) is 10.2 Å². The van der Waals surface area contributed by atoms with Gasteiger partial charge in [0.2, 0.25) is 6.41 Å². The van der Waals surface area contributed by atoms with Gasteiger partial charge in [-0.2, -0.15) is 0 Å². The van der Waals surface area contributed by atoms with Crippen molar-refractivity contribution in [3.63, 3.8) is 0 Å². The lowest BCUT2D eigenvalue weighted by molar-refractivity contribution is -0.108. The molecule has 1 N–H and O–H groups in total. The van der Waals surface area contributed by atoms with E-state index in [4.69, 9.17) is 0 Å². The van der Waals surface area contributed by atoms with Crippen molar-refractivity contribution in [3.05, 3.63) is 0 Å². The maximum atomic E-state index is 10.8. The summed E-state index contributed by atoms with van der Waals surface area (Å²) < 4.78 is 0. The number of carbonyl (C=O) groups is 2. The minimum atomic E-state index is -0.333. The first kappa shape index (κ1) is 8.94. The van der Waals surface area contributed by atoms with Gasteiger partial charge >= 0.3 is 6.03 Å². The molecule has 0 aliphatic carbocycles. The van der Waals surface area contributed by atoms with Crippen molar-refractivity contribution in [2.45, 2.75) is 13.8 Å². The lowest BCUT2D eigenvalue weighted by Crippen LogP contribution is -2.38. The zero-order valence-electron chi connectivity index (χ0n) is 6.26. The average Bonchev–Trinajstić information content (AvgIpc) is 1.91. The second kappa shape index (κ2) is 4.78. The van der Waals surface area contributed by atoms with E-state index in [2.05, 4.69) is 5.32 Å². The van der Waals surface area contributed by atoms with Crippen LogP contribution in [-0.4, -0.2) is 30.4 Å². The van der Waals surface area contributed by atoms with Crippen LogP contribution in [-0.2, 0) is 4.79 Å². The van der Waals surface area contributed by atoms with Crippen LogP contribution >= 0.6 is 0 Å². The highest BCUT2D eigenvalue weighted by Crippen LogP contribution is 1.85. The summed E-state index contributed by atoms with van der Waals surface area (Å²) in [6.45, 7) is 4.95. The van der Waals surface area contributed by atoms with E-state index in [0.29, 0.717) is 19.5 Å². The summed E-state index contributed by atoms with van der Waals surface area (Å²) in [6.07, 6.45) is 0.390. The molecule has 0 saturated heterocycles. The molecule has 0 aromatic heterocycles. The fourth-order valence-corrected chi connectivity index (χ4v) is 0.653. The molecule has 4 nitrogen and oxygen atoms in total. The molecule has 4 heteroatoms. The first-order valence-corrected chi connectivity index (χ1v) is 3.25. The van der Waals surface area contributed by atoms with E-state index in [9.17, 15) is 9.59 Å². The predicted molar refractivity (Wildman–Crippen MR) is 37.5 cm³/mol. The molecule has 0 rings (SSSR count). The summed E-state index contributed by atoms with van der Waals surface area (Å²) >= 11 is 0. The third kappa shape index (κ3) is 2.48. The molecule has 10 heavy (non-hydrogen) atoms. The first-order valence-electron chi connectivity index (χ1n) is 3.25. The maximum absolute atomic E-state index is 10.8. The van der Waals surface area contributed by atoms with Gasteiger partial charge in [-0.25, -0.2) is 4.79 Å². The average molecular weight is 144 g/mol. The van der Waals surface area contributed by atoms with Crippen LogP contribution in [0.25, 0.3) is 0 Å². The summed E-state index contributed by atoms with van der Waals surface area (Å²) in [4.78, 5) is 22.1. The molecule has 0 bridgehead atoms. The molecule has 0 heterocycles. The van der Waals surface area contributed by atoms with Crippen LogP contribution in [0.3, 0.4) is 0 Å². The number of carbonyl (C=O) groups excluding carboxylic acids is 2. The number of hydrogen-bond donors (Lipinski definition) is 1. The van der Waals surface area contributed by atoms with E-state index < -0.39 is 0 Å². The van der Waals surface area contributed by atoms with Gasteiger partial charge in [0.15, 0.2) is 0 Å². The number of amides is 3. The second-order valence-corrected chi connectivity index (χ2v) is 1.74. The van der Waals surface area contributed by atoms with Gasteiger partial charge in [0, 0.05) is 13.1 Å². The highest BCUT2D eigenvalue weighted by molar-refractivity contribution is 5.84. The summed E-state index contributed by atoms with van der Waals surface area (Å²) in [5.74, 6) is 0. The Balaban J connectivity index is 3.76. The van der Waals surface area contributed by atoms with Gasteiger partial charge in [-0.15, -0.1) is 0 Å². The Morgan fingerprint density at radius 1 is 1.50 bits per heavy atom. The van der Waals surface area contributed by atoms with E-state index in [1.54, 1.807) is 0 Å². The second-order valence-electron chi connectivity index (χ2n) is 1.74. The zero-order valence-corrected chi connectivity index (χ0v) is 6.26. The van der Waals surface area contributed by atoms with Crippen LogP contribution in [0.2, 0.25) is 0 Å². The highest BCUT2D eigenvalue weighted by atomic mass is 16.2. The number of hydrogen-bond acceptors (Lipinski definition) is 2. The van der Waals surface area contributed by atoms with Gasteiger partial charge in [0.1, 0.15) is 0 Å². The normalized spacial score (nSPS) is 8.60. The minimum absolute atomic E-state index is 0.333. The quantitative estimate of drug-likeness (QED) is 0.575. The Morgan fingerprint density at radius 3 is 2.30 bits per heavy atom. The molecular weight excluding hydrogens is 132 g/mol. The van der Waals surface area contributed by atoms with Crippen LogP contribution in [0.4, 0.5) is 4.79 Å². The van der Waals surface area contributed by atoms with Gasteiger partial charge < -0.3 is 4.90 Å². The fraction of sp³-hybridized carbons (Fsp3) is 0.667. The fourth-order valence-electron chi connectivity index (χ4n) is 0.653. The minimum Gasteiger partial charge on any atom is -0.325 e. The summed E-state index contributed by atoms with van der Waals surface area (Å²) in [5.41, 5.74) is 0. The molecule has 0 aliphatic heterocycles. The molecule has 0 radical (unpaired) electrons. The van der Waals surface area contributed by atoms with Crippen molar-refractivity contribution in [2.75, 3.05) is 13.1 Å². The van der Waals surface area contributed by atoms with E-state index in [0.717, 1.165) is 0 Å². The summed E-state index contributed by atoms with van der Waals surface area (Å²) in [7, 11) is 0. The Kier molecular flexibility index (Phi) is 4.28. The topological polar surface area (TPSA) is 49.4 Å². The Labute approximate surface area is 60.2 Å². The van der Waals surface area contributed by atoms with E-state index in [-0.39, 0.29) is 6.03 Å².